The molecule has 1 fully saturated rings. The van der Waals surface area contributed by atoms with E-state index in [1.807, 2.05) is 0 Å². The van der Waals surface area contributed by atoms with Gasteiger partial charge in [-0.15, -0.1) is 0 Å². The number of hydrogen-bond donors (Lipinski definition) is 0. The van der Waals surface area contributed by atoms with Crippen LogP contribution in [-0.2, 0) is 28.5 Å². The Morgan fingerprint density at radius 1 is 1.35 bits per heavy atom. The number of carbonyl (C=O) groups excluding carboxylic acids is 2. The van der Waals surface area contributed by atoms with Crippen molar-refractivity contribution >= 4 is 11.9 Å². The molecule has 2 unspecified atom stereocenters. The molecule has 0 bridgehead atoms. The van der Waals surface area contributed by atoms with Crippen LogP contribution in [0.5, 0.6) is 0 Å². The molecule has 0 aromatic rings. The lowest BCUT2D eigenvalue weighted by Gasteiger charge is -2.23. The maximum absolute atomic E-state index is 11.5. The number of esters is 2. The molecule has 1 saturated heterocycles. The van der Waals surface area contributed by atoms with Crippen LogP contribution in [0.1, 0.15) is 34.1 Å². The lowest BCUT2D eigenvalue weighted by atomic mass is 10.3. The quantitative estimate of drug-likeness (QED) is 0.580. The van der Waals surface area contributed by atoms with Gasteiger partial charge < -0.3 is 18.9 Å². The zero-order valence-electron chi connectivity index (χ0n) is 12.6. The summed E-state index contributed by atoms with van der Waals surface area (Å²) in [6.07, 6.45) is -0.480. The van der Waals surface area contributed by atoms with Crippen LogP contribution < -0.4 is 0 Å². The van der Waals surface area contributed by atoms with Crippen molar-refractivity contribution in [1.29, 1.82) is 0 Å². The number of rotatable bonds is 4. The molecule has 0 amide bonds. The average molecular weight is 288 g/mol. The summed E-state index contributed by atoms with van der Waals surface area (Å²) in [6, 6.07) is 0. The number of carbonyl (C=O) groups is 2. The van der Waals surface area contributed by atoms with Crippen molar-refractivity contribution < 1.29 is 28.5 Å². The van der Waals surface area contributed by atoms with Gasteiger partial charge in [0.2, 0.25) is 6.29 Å². The average Bonchev–Trinajstić information content (AvgIpc) is 2.40. The molecule has 0 aliphatic carbocycles. The van der Waals surface area contributed by atoms with Crippen molar-refractivity contribution in [3.05, 3.63) is 12.2 Å². The van der Waals surface area contributed by atoms with Crippen LogP contribution in [0, 0.1) is 0 Å². The van der Waals surface area contributed by atoms with Gasteiger partial charge >= 0.3 is 11.9 Å². The Morgan fingerprint density at radius 2 is 1.95 bits per heavy atom. The molecule has 1 aliphatic heterocycles. The summed E-state index contributed by atoms with van der Waals surface area (Å²) in [5, 5.41) is 0. The van der Waals surface area contributed by atoms with Gasteiger partial charge in [0, 0.05) is 5.57 Å². The Hall–Kier alpha value is -1.40. The minimum atomic E-state index is -0.996. The molecule has 0 spiro atoms. The Labute approximate surface area is 120 Å². The normalized spacial score (nSPS) is 19.1. The molecular weight excluding hydrogens is 264 g/mol. The van der Waals surface area contributed by atoms with E-state index in [1.165, 1.54) is 20.3 Å². The Kier molecular flexibility index (Phi) is 9.67. The third-order valence-corrected chi connectivity index (χ3v) is 2.00. The SMILES string of the molecule is C=C(C)C(=O)OC(C)C(=O)OC1COCCO1.CCC. The van der Waals surface area contributed by atoms with Gasteiger partial charge in [0.25, 0.3) is 0 Å². The lowest BCUT2D eigenvalue weighted by Crippen LogP contribution is -2.36. The molecule has 0 saturated carbocycles. The first-order valence-corrected chi connectivity index (χ1v) is 6.68. The summed E-state index contributed by atoms with van der Waals surface area (Å²) >= 11 is 0. The largest absolute Gasteiger partial charge is 0.447 e. The first-order valence-electron chi connectivity index (χ1n) is 6.68. The van der Waals surface area contributed by atoms with E-state index >= 15 is 0 Å². The highest BCUT2D eigenvalue weighted by atomic mass is 16.7. The summed E-state index contributed by atoms with van der Waals surface area (Å²) in [7, 11) is 0. The van der Waals surface area contributed by atoms with E-state index in [-0.39, 0.29) is 12.2 Å². The fourth-order valence-electron chi connectivity index (χ4n) is 1.07. The van der Waals surface area contributed by atoms with E-state index < -0.39 is 24.3 Å². The molecule has 1 heterocycles. The topological polar surface area (TPSA) is 71.1 Å². The van der Waals surface area contributed by atoms with Crippen LogP contribution in [0.2, 0.25) is 0 Å². The zero-order chi connectivity index (χ0) is 15.5. The fraction of sp³-hybridized carbons (Fsp3) is 0.714. The predicted molar refractivity (Wildman–Crippen MR) is 73.0 cm³/mol. The third-order valence-electron chi connectivity index (χ3n) is 2.00. The number of hydrogen-bond acceptors (Lipinski definition) is 6. The maximum atomic E-state index is 11.5. The van der Waals surface area contributed by atoms with Gasteiger partial charge in [0.05, 0.1) is 13.2 Å². The highest BCUT2D eigenvalue weighted by molar-refractivity contribution is 5.89. The molecule has 0 aromatic carbocycles. The smallest absolute Gasteiger partial charge is 0.349 e. The molecule has 0 N–H and O–H groups in total. The van der Waals surface area contributed by atoms with E-state index in [2.05, 4.69) is 20.4 Å². The lowest BCUT2D eigenvalue weighted by molar-refractivity contribution is -0.220. The molecule has 2 atom stereocenters. The third kappa shape index (κ3) is 7.91. The van der Waals surface area contributed by atoms with Crippen molar-refractivity contribution in [2.24, 2.45) is 0 Å². The van der Waals surface area contributed by atoms with Crippen LogP contribution in [0.3, 0.4) is 0 Å². The summed E-state index contributed by atoms with van der Waals surface area (Å²) in [5.74, 6) is -1.30. The van der Waals surface area contributed by atoms with Gasteiger partial charge in [-0.3, -0.25) is 0 Å². The highest BCUT2D eigenvalue weighted by Gasteiger charge is 2.25. The van der Waals surface area contributed by atoms with E-state index in [4.69, 9.17) is 18.9 Å². The van der Waals surface area contributed by atoms with Crippen molar-refractivity contribution in [2.75, 3.05) is 19.8 Å². The van der Waals surface area contributed by atoms with E-state index in [0.29, 0.717) is 13.2 Å². The maximum Gasteiger partial charge on any atom is 0.349 e. The standard InChI is InChI=1S/C11H16O6.C3H8/c1-7(2)10(12)16-8(3)11(13)17-9-6-14-4-5-15-9;1-3-2/h8-9H,1,4-6H2,2-3H3;3H2,1-2H3. The van der Waals surface area contributed by atoms with E-state index in [1.54, 1.807) is 0 Å². The number of ether oxygens (including phenoxy) is 4. The van der Waals surface area contributed by atoms with Crippen LogP contribution in [0.25, 0.3) is 0 Å². The highest BCUT2D eigenvalue weighted by Crippen LogP contribution is 2.06. The van der Waals surface area contributed by atoms with Gasteiger partial charge in [-0.1, -0.05) is 26.8 Å². The minimum absolute atomic E-state index is 0.187. The summed E-state index contributed by atoms with van der Waals surface area (Å²) in [4.78, 5) is 22.7. The van der Waals surface area contributed by atoms with Gasteiger partial charge in [-0.2, -0.15) is 0 Å². The van der Waals surface area contributed by atoms with Gasteiger partial charge in [0.15, 0.2) is 6.10 Å². The molecule has 0 radical (unpaired) electrons. The minimum Gasteiger partial charge on any atom is -0.447 e. The molecule has 6 heteroatoms. The van der Waals surface area contributed by atoms with Gasteiger partial charge in [-0.25, -0.2) is 9.59 Å². The van der Waals surface area contributed by atoms with Crippen LogP contribution in [-0.4, -0.2) is 44.2 Å². The van der Waals surface area contributed by atoms with Crippen LogP contribution >= 0.6 is 0 Å². The van der Waals surface area contributed by atoms with Crippen molar-refractivity contribution in [1.82, 2.24) is 0 Å². The molecule has 116 valence electrons. The van der Waals surface area contributed by atoms with Crippen LogP contribution in [0.15, 0.2) is 12.2 Å². The van der Waals surface area contributed by atoms with E-state index in [9.17, 15) is 9.59 Å². The van der Waals surface area contributed by atoms with Crippen LogP contribution in [0.4, 0.5) is 0 Å². The van der Waals surface area contributed by atoms with Gasteiger partial charge in [0.1, 0.15) is 6.61 Å². The van der Waals surface area contributed by atoms with E-state index in [0.717, 1.165) is 0 Å². The second-order valence-electron chi connectivity index (χ2n) is 4.35. The second kappa shape index (κ2) is 10.4. The Bertz CT molecular complexity index is 320. The Morgan fingerprint density at radius 3 is 2.40 bits per heavy atom. The molecule has 6 nitrogen and oxygen atoms in total. The predicted octanol–water partition coefficient (Wildman–Crippen LogP) is 1.83. The second-order valence-corrected chi connectivity index (χ2v) is 4.35. The zero-order valence-corrected chi connectivity index (χ0v) is 12.6. The first-order chi connectivity index (χ1) is 9.42. The molecule has 0 aromatic heterocycles. The van der Waals surface area contributed by atoms with Crippen molar-refractivity contribution in [3.8, 4) is 0 Å². The molecule has 1 rings (SSSR count). The van der Waals surface area contributed by atoms with Gasteiger partial charge in [-0.05, 0) is 13.8 Å². The summed E-state index contributed by atoms with van der Waals surface area (Å²) in [5.41, 5.74) is 0.224. The Balaban J connectivity index is 0.00000110. The van der Waals surface area contributed by atoms with Crippen molar-refractivity contribution in [2.45, 2.75) is 46.5 Å². The molecular formula is C14H24O6. The first kappa shape index (κ1) is 18.6. The summed E-state index contributed by atoms with van der Waals surface area (Å²) in [6.45, 7) is 11.6. The summed E-state index contributed by atoms with van der Waals surface area (Å²) < 4.78 is 19.9. The fourth-order valence-corrected chi connectivity index (χ4v) is 1.07. The molecule has 1 aliphatic rings. The monoisotopic (exact) mass is 288 g/mol. The van der Waals surface area contributed by atoms with Crippen molar-refractivity contribution in [3.63, 3.8) is 0 Å². The molecule has 20 heavy (non-hydrogen) atoms.